The van der Waals surface area contributed by atoms with E-state index in [1.807, 2.05) is 0 Å². The molecule has 0 aliphatic rings. The van der Waals surface area contributed by atoms with Gasteiger partial charge in [0.15, 0.2) is 12.2 Å². The molecule has 0 unspecified atom stereocenters. The molecule has 0 atom stereocenters. The summed E-state index contributed by atoms with van der Waals surface area (Å²) in [5.74, 6) is 0.669. The molecule has 0 radical (unpaired) electrons. The average molecular weight is 291 g/mol. The maximum absolute atomic E-state index is 11.4. The Balaban J connectivity index is 2.72. The summed E-state index contributed by atoms with van der Waals surface area (Å²) in [6.45, 7) is 5.32. The Labute approximate surface area is 108 Å². The van der Waals surface area contributed by atoms with Crippen molar-refractivity contribution in [2.75, 3.05) is 0 Å². The molecule has 0 amide bonds. The summed E-state index contributed by atoms with van der Waals surface area (Å²) >= 11 is 0. The van der Waals surface area contributed by atoms with Gasteiger partial charge in [0.05, 0.1) is 5.69 Å². The van der Waals surface area contributed by atoms with Crippen LogP contribution in [0.15, 0.2) is 16.0 Å². The highest BCUT2D eigenvalue weighted by molar-refractivity contribution is 8.13. The molecule has 0 aromatic carbocycles. The minimum Gasteiger partial charge on any atom is -0.440 e. The molecule has 9 heteroatoms. The second-order valence-electron chi connectivity index (χ2n) is 3.97. The van der Waals surface area contributed by atoms with Gasteiger partial charge in [0.2, 0.25) is 5.82 Å². The molecule has 0 saturated carbocycles. The molecule has 0 bridgehead atoms. The zero-order chi connectivity index (χ0) is 13.5. The normalized spacial score (nSPS) is 12.3. The molecule has 0 saturated heterocycles. The van der Waals surface area contributed by atoms with Gasteiger partial charge < -0.3 is 4.42 Å². The van der Waals surface area contributed by atoms with E-state index in [0.717, 1.165) is 0 Å². The molecule has 2 rings (SSSR count). The van der Waals surface area contributed by atoms with E-state index in [1.54, 1.807) is 20.8 Å². The van der Waals surface area contributed by atoms with Crippen molar-refractivity contribution in [3.05, 3.63) is 12.1 Å². The van der Waals surface area contributed by atoms with Crippen molar-refractivity contribution in [2.24, 2.45) is 0 Å². The standard InChI is InChI=1S/C9H11ClN4O3S/c1-5(2)14-8(7-6(3)11-4-17-7)12-13-9(14)18(10,15)16/h4-5H,1-3H3. The lowest BCUT2D eigenvalue weighted by Crippen LogP contribution is -2.10. The SMILES string of the molecule is Cc1ncoc1-c1nnc(S(=O)(=O)Cl)n1C(C)C. The number of halogens is 1. The van der Waals surface area contributed by atoms with E-state index in [-0.39, 0.29) is 11.2 Å². The Morgan fingerprint density at radius 2 is 2.06 bits per heavy atom. The molecule has 0 aliphatic carbocycles. The van der Waals surface area contributed by atoms with Crippen LogP contribution in [0.4, 0.5) is 0 Å². The number of oxazole rings is 1. The largest absolute Gasteiger partial charge is 0.440 e. The van der Waals surface area contributed by atoms with Crippen LogP contribution in [0.3, 0.4) is 0 Å². The lowest BCUT2D eigenvalue weighted by atomic mass is 10.3. The molecule has 0 spiro atoms. The van der Waals surface area contributed by atoms with Crippen molar-refractivity contribution in [1.29, 1.82) is 0 Å². The fourth-order valence-electron chi connectivity index (χ4n) is 1.58. The molecule has 98 valence electrons. The van der Waals surface area contributed by atoms with Gasteiger partial charge in [-0.3, -0.25) is 4.57 Å². The number of aryl methyl sites for hydroxylation is 1. The summed E-state index contributed by atoms with van der Waals surface area (Å²) < 4.78 is 29.4. The maximum Gasteiger partial charge on any atom is 0.296 e. The molecule has 2 aromatic rings. The summed E-state index contributed by atoms with van der Waals surface area (Å²) in [5.41, 5.74) is 0.600. The van der Waals surface area contributed by atoms with E-state index in [2.05, 4.69) is 15.2 Å². The summed E-state index contributed by atoms with van der Waals surface area (Å²) in [6.07, 6.45) is 1.26. The summed E-state index contributed by atoms with van der Waals surface area (Å²) in [6, 6.07) is -0.192. The molecule has 0 N–H and O–H groups in total. The smallest absolute Gasteiger partial charge is 0.296 e. The van der Waals surface area contributed by atoms with Crippen LogP contribution in [-0.2, 0) is 9.05 Å². The maximum atomic E-state index is 11.4. The monoisotopic (exact) mass is 290 g/mol. The van der Waals surface area contributed by atoms with Gasteiger partial charge in [-0.1, -0.05) is 0 Å². The fourth-order valence-corrected chi connectivity index (χ4v) is 2.57. The van der Waals surface area contributed by atoms with Crippen LogP contribution in [0.2, 0.25) is 0 Å². The van der Waals surface area contributed by atoms with Gasteiger partial charge >= 0.3 is 0 Å². The van der Waals surface area contributed by atoms with Gasteiger partial charge in [-0.15, -0.1) is 10.2 Å². The van der Waals surface area contributed by atoms with Crippen molar-refractivity contribution < 1.29 is 12.8 Å². The van der Waals surface area contributed by atoms with Crippen molar-refractivity contribution in [3.8, 4) is 11.6 Å². The van der Waals surface area contributed by atoms with Gasteiger partial charge in [0.25, 0.3) is 14.2 Å². The molecule has 2 aromatic heterocycles. The van der Waals surface area contributed by atoms with E-state index in [4.69, 9.17) is 15.1 Å². The highest BCUT2D eigenvalue weighted by atomic mass is 35.7. The number of nitrogens with zero attached hydrogens (tertiary/aromatic N) is 4. The molecular weight excluding hydrogens is 280 g/mol. The summed E-state index contributed by atoms with van der Waals surface area (Å²) in [5, 5.41) is 7.13. The number of hydrogen-bond donors (Lipinski definition) is 0. The van der Waals surface area contributed by atoms with Crippen LogP contribution in [0.25, 0.3) is 11.6 Å². The van der Waals surface area contributed by atoms with Gasteiger partial charge in [0, 0.05) is 16.7 Å². The van der Waals surface area contributed by atoms with Crippen molar-refractivity contribution in [1.82, 2.24) is 19.7 Å². The van der Waals surface area contributed by atoms with Crippen LogP contribution >= 0.6 is 10.7 Å². The van der Waals surface area contributed by atoms with E-state index < -0.39 is 9.05 Å². The zero-order valence-electron chi connectivity index (χ0n) is 9.95. The van der Waals surface area contributed by atoms with E-state index >= 15 is 0 Å². The van der Waals surface area contributed by atoms with Crippen molar-refractivity contribution in [3.63, 3.8) is 0 Å². The van der Waals surface area contributed by atoms with Crippen molar-refractivity contribution >= 4 is 19.7 Å². The number of rotatable bonds is 3. The first-order chi connectivity index (χ1) is 8.32. The first-order valence-corrected chi connectivity index (χ1v) is 7.43. The minimum absolute atomic E-state index is 0.192. The van der Waals surface area contributed by atoms with Gasteiger partial charge in [-0.2, -0.15) is 0 Å². The van der Waals surface area contributed by atoms with Crippen LogP contribution in [0.5, 0.6) is 0 Å². The highest BCUT2D eigenvalue weighted by Gasteiger charge is 2.27. The highest BCUT2D eigenvalue weighted by Crippen LogP contribution is 2.27. The Morgan fingerprint density at radius 1 is 1.39 bits per heavy atom. The Bertz CT molecular complexity index is 674. The average Bonchev–Trinajstić information content (AvgIpc) is 2.80. The lowest BCUT2D eigenvalue weighted by Gasteiger charge is -2.11. The second-order valence-corrected chi connectivity index (χ2v) is 6.43. The van der Waals surface area contributed by atoms with Crippen LogP contribution < -0.4 is 0 Å². The van der Waals surface area contributed by atoms with Gasteiger partial charge in [-0.25, -0.2) is 13.4 Å². The third kappa shape index (κ3) is 2.13. The Hall–Kier alpha value is -1.41. The van der Waals surface area contributed by atoms with Gasteiger partial charge in [0.1, 0.15) is 0 Å². The summed E-state index contributed by atoms with van der Waals surface area (Å²) in [4.78, 5) is 3.93. The molecule has 0 aliphatic heterocycles. The molecule has 2 heterocycles. The van der Waals surface area contributed by atoms with Crippen LogP contribution in [0, 0.1) is 6.92 Å². The lowest BCUT2D eigenvalue weighted by molar-refractivity contribution is 0.514. The van der Waals surface area contributed by atoms with Crippen molar-refractivity contribution in [2.45, 2.75) is 32.0 Å². The number of aromatic nitrogens is 4. The third-order valence-corrected chi connectivity index (χ3v) is 3.48. The van der Waals surface area contributed by atoms with Gasteiger partial charge in [-0.05, 0) is 20.8 Å². The Kier molecular flexibility index (Phi) is 3.16. The second kappa shape index (κ2) is 4.36. The topological polar surface area (TPSA) is 90.9 Å². The third-order valence-electron chi connectivity index (χ3n) is 2.35. The van der Waals surface area contributed by atoms with Crippen LogP contribution in [0.1, 0.15) is 25.6 Å². The van der Waals surface area contributed by atoms with E-state index in [9.17, 15) is 8.42 Å². The number of hydrogen-bond acceptors (Lipinski definition) is 6. The molecule has 18 heavy (non-hydrogen) atoms. The zero-order valence-corrected chi connectivity index (χ0v) is 11.5. The first kappa shape index (κ1) is 13.0. The minimum atomic E-state index is -3.96. The predicted octanol–water partition coefficient (Wildman–Crippen LogP) is 1.75. The van der Waals surface area contributed by atoms with E-state index in [1.165, 1.54) is 11.0 Å². The predicted molar refractivity (Wildman–Crippen MR) is 63.7 cm³/mol. The molecule has 0 fully saturated rings. The molecular formula is C9H11ClN4O3S. The molecule has 7 nitrogen and oxygen atoms in total. The first-order valence-electron chi connectivity index (χ1n) is 5.12. The summed E-state index contributed by atoms with van der Waals surface area (Å²) in [7, 11) is 1.36. The van der Waals surface area contributed by atoms with Crippen LogP contribution in [-0.4, -0.2) is 28.2 Å². The fraction of sp³-hybridized carbons (Fsp3) is 0.444. The Morgan fingerprint density at radius 3 is 2.50 bits per heavy atom. The van der Waals surface area contributed by atoms with E-state index in [0.29, 0.717) is 17.3 Å². The quantitative estimate of drug-likeness (QED) is 0.800.